The zero-order valence-corrected chi connectivity index (χ0v) is 20.8. The SMILES string of the molecule is COc1cccc(C2(C(=O)Nc3ccc(C)c(-c4ccc(CN(C)S(C)(=O)=O)cc4)c3)CC2)c1.[HH]. The van der Waals surface area contributed by atoms with Crippen LogP contribution in [0, 0.1) is 6.92 Å². The lowest BCUT2D eigenvalue weighted by molar-refractivity contribution is -0.118. The molecule has 6 nitrogen and oxygen atoms in total. The van der Waals surface area contributed by atoms with E-state index in [-0.39, 0.29) is 7.33 Å². The minimum Gasteiger partial charge on any atom is -0.497 e. The molecule has 1 aliphatic carbocycles. The average molecular weight is 481 g/mol. The number of sulfonamides is 1. The molecule has 34 heavy (non-hydrogen) atoms. The quantitative estimate of drug-likeness (QED) is 0.493. The molecule has 0 bridgehead atoms. The molecule has 7 heteroatoms. The summed E-state index contributed by atoms with van der Waals surface area (Å²) in [6.07, 6.45) is 2.83. The van der Waals surface area contributed by atoms with Crippen LogP contribution < -0.4 is 10.1 Å². The topological polar surface area (TPSA) is 75.7 Å². The molecule has 1 aliphatic rings. The molecule has 3 aromatic carbocycles. The number of hydrogen-bond acceptors (Lipinski definition) is 4. The third-order valence-electron chi connectivity index (χ3n) is 6.54. The maximum Gasteiger partial charge on any atom is 0.235 e. The van der Waals surface area contributed by atoms with Gasteiger partial charge < -0.3 is 10.1 Å². The van der Waals surface area contributed by atoms with Crippen LogP contribution in [0.2, 0.25) is 0 Å². The number of anilines is 1. The van der Waals surface area contributed by atoms with Gasteiger partial charge in [-0.25, -0.2) is 12.7 Å². The lowest BCUT2D eigenvalue weighted by atomic mass is 9.94. The first-order chi connectivity index (χ1) is 16.1. The van der Waals surface area contributed by atoms with Gasteiger partial charge in [0.15, 0.2) is 0 Å². The smallest absolute Gasteiger partial charge is 0.235 e. The summed E-state index contributed by atoms with van der Waals surface area (Å²) in [6.45, 7) is 2.35. The molecule has 3 aromatic rings. The Morgan fingerprint density at radius 3 is 2.41 bits per heavy atom. The van der Waals surface area contributed by atoms with Gasteiger partial charge in [-0.1, -0.05) is 42.5 Å². The Balaban J connectivity index is 0.00000342. The van der Waals surface area contributed by atoms with Crippen molar-refractivity contribution in [1.82, 2.24) is 4.31 Å². The molecule has 0 aromatic heterocycles. The minimum atomic E-state index is -3.23. The van der Waals surface area contributed by atoms with Crippen LogP contribution in [0.1, 0.15) is 31.0 Å². The molecule has 0 heterocycles. The fourth-order valence-electron chi connectivity index (χ4n) is 4.12. The monoisotopic (exact) mass is 480 g/mol. The Hall–Kier alpha value is -3.16. The number of carbonyl (C=O) groups excluding carboxylic acids is 1. The molecule has 1 saturated carbocycles. The molecule has 0 unspecified atom stereocenters. The van der Waals surface area contributed by atoms with Crippen LogP contribution in [0.25, 0.3) is 11.1 Å². The standard InChI is InChI=1S/C27H30N2O4S.H2/c1-19-8-13-23(28-26(30)27(14-15-27)22-6-5-7-24(16-22)33-3)17-25(19)21-11-9-20(10-12-21)18-29(2)34(4,31)32;/h5-13,16-17H,14-15,18H2,1-4H3,(H,28,30);1H. The summed E-state index contributed by atoms with van der Waals surface area (Å²) in [7, 11) is -0.0370. The van der Waals surface area contributed by atoms with Crippen molar-refractivity contribution in [3.63, 3.8) is 0 Å². The first-order valence-corrected chi connectivity index (χ1v) is 13.0. The normalized spacial score (nSPS) is 14.6. The first kappa shape index (κ1) is 24.0. The van der Waals surface area contributed by atoms with E-state index in [2.05, 4.69) is 5.32 Å². The summed E-state index contributed by atoms with van der Waals surface area (Å²) < 4.78 is 30.0. The highest BCUT2D eigenvalue weighted by molar-refractivity contribution is 7.88. The number of hydrogen-bond donors (Lipinski definition) is 1. The maximum absolute atomic E-state index is 13.3. The highest BCUT2D eigenvalue weighted by atomic mass is 32.2. The molecule has 180 valence electrons. The predicted octanol–water partition coefficient (Wildman–Crippen LogP) is 4.98. The summed E-state index contributed by atoms with van der Waals surface area (Å²) in [5.74, 6) is 0.745. The summed E-state index contributed by atoms with van der Waals surface area (Å²) >= 11 is 0. The van der Waals surface area contributed by atoms with E-state index in [0.717, 1.165) is 52.1 Å². The molecule has 0 aliphatic heterocycles. The highest BCUT2D eigenvalue weighted by Gasteiger charge is 2.51. The number of amides is 1. The van der Waals surface area contributed by atoms with Crippen LogP contribution in [-0.2, 0) is 26.8 Å². The van der Waals surface area contributed by atoms with Crippen molar-refractivity contribution in [2.24, 2.45) is 0 Å². The fourth-order valence-corrected chi connectivity index (χ4v) is 4.50. The van der Waals surface area contributed by atoms with E-state index in [9.17, 15) is 13.2 Å². The van der Waals surface area contributed by atoms with E-state index in [0.29, 0.717) is 6.54 Å². The number of methoxy groups -OCH3 is 1. The van der Waals surface area contributed by atoms with Crippen LogP contribution in [0.4, 0.5) is 5.69 Å². The van der Waals surface area contributed by atoms with Crippen LogP contribution in [0.3, 0.4) is 0 Å². The Morgan fingerprint density at radius 2 is 1.79 bits per heavy atom. The second-order valence-electron chi connectivity index (χ2n) is 9.01. The van der Waals surface area contributed by atoms with E-state index in [1.165, 1.54) is 10.6 Å². The highest BCUT2D eigenvalue weighted by Crippen LogP contribution is 2.49. The van der Waals surface area contributed by atoms with E-state index in [1.54, 1.807) is 14.2 Å². The van der Waals surface area contributed by atoms with Crippen molar-refractivity contribution >= 4 is 21.6 Å². The van der Waals surface area contributed by atoms with Gasteiger partial charge in [0, 0.05) is 20.7 Å². The molecule has 0 spiro atoms. The van der Waals surface area contributed by atoms with Crippen molar-refractivity contribution in [2.45, 2.75) is 31.7 Å². The minimum absolute atomic E-state index is 0. The van der Waals surface area contributed by atoms with E-state index in [1.807, 2.05) is 73.7 Å². The van der Waals surface area contributed by atoms with Crippen molar-refractivity contribution in [3.8, 4) is 16.9 Å². The Morgan fingerprint density at radius 1 is 1.09 bits per heavy atom. The van der Waals surface area contributed by atoms with Gasteiger partial charge in [0.25, 0.3) is 0 Å². The Bertz CT molecular complexity index is 1320. The maximum atomic E-state index is 13.3. The molecule has 0 atom stereocenters. The summed E-state index contributed by atoms with van der Waals surface area (Å²) in [4.78, 5) is 13.3. The lowest BCUT2D eigenvalue weighted by Crippen LogP contribution is -2.27. The fraction of sp³-hybridized carbons (Fsp3) is 0.296. The summed E-state index contributed by atoms with van der Waals surface area (Å²) in [6, 6.07) is 21.5. The van der Waals surface area contributed by atoms with E-state index >= 15 is 0 Å². The zero-order valence-electron chi connectivity index (χ0n) is 20.0. The van der Waals surface area contributed by atoms with Crippen LogP contribution >= 0.6 is 0 Å². The third kappa shape index (κ3) is 5.00. The van der Waals surface area contributed by atoms with Gasteiger partial charge in [0.05, 0.1) is 18.8 Å². The number of nitrogens with one attached hydrogen (secondary N) is 1. The summed E-state index contributed by atoms with van der Waals surface area (Å²) in [5.41, 5.74) is 5.25. The van der Waals surface area contributed by atoms with Gasteiger partial charge in [-0.2, -0.15) is 0 Å². The first-order valence-electron chi connectivity index (χ1n) is 11.2. The van der Waals surface area contributed by atoms with E-state index in [4.69, 9.17) is 4.74 Å². The summed E-state index contributed by atoms with van der Waals surface area (Å²) in [5, 5.41) is 3.12. The molecular formula is C27H32N2O4S. The Labute approximate surface area is 203 Å². The van der Waals surface area contributed by atoms with Crippen molar-refractivity contribution in [2.75, 3.05) is 25.7 Å². The molecule has 1 amide bonds. The van der Waals surface area contributed by atoms with Gasteiger partial charge in [0.1, 0.15) is 5.75 Å². The third-order valence-corrected chi connectivity index (χ3v) is 7.80. The van der Waals surface area contributed by atoms with E-state index < -0.39 is 15.4 Å². The second-order valence-corrected chi connectivity index (χ2v) is 11.1. The van der Waals surface area contributed by atoms with Crippen LogP contribution in [0.15, 0.2) is 66.7 Å². The van der Waals surface area contributed by atoms with Gasteiger partial charge in [-0.05, 0) is 71.8 Å². The predicted molar refractivity (Wildman–Crippen MR) is 138 cm³/mol. The largest absolute Gasteiger partial charge is 0.497 e. The molecular weight excluding hydrogens is 448 g/mol. The number of benzene rings is 3. The van der Waals surface area contributed by atoms with Gasteiger partial charge >= 0.3 is 0 Å². The van der Waals surface area contributed by atoms with Crippen LogP contribution in [-0.4, -0.2) is 39.0 Å². The van der Waals surface area contributed by atoms with Crippen molar-refractivity contribution in [3.05, 3.63) is 83.4 Å². The van der Waals surface area contributed by atoms with Crippen molar-refractivity contribution < 1.29 is 19.4 Å². The molecule has 1 fully saturated rings. The van der Waals surface area contributed by atoms with Gasteiger partial charge in [0.2, 0.25) is 15.9 Å². The number of rotatable bonds is 8. The number of nitrogens with zero attached hydrogens (tertiary/aromatic N) is 1. The number of aryl methyl sites for hydroxylation is 1. The molecule has 0 radical (unpaired) electrons. The number of ether oxygens (including phenoxy) is 1. The Kier molecular flexibility index (Phi) is 6.51. The number of carbonyl (C=O) groups is 1. The van der Waals surface area contributed by atoms with Gasteiger partial charge in [-0.15, -0.1) is 0 Å². The van der Waals surface area contributed by atoms with Gasteiger partial charge in [-0.3, -0.25) is 4.79 Å². The average Bonchev–Trinajstić information content (AvgIpc) is 3.63. The second kappa shape index (κ2) is 9.24. The zero-order chi connectivity index (χ0) is 24.5. The molecule has 1 N–H and O–H groups in total. The lowest BCUT2D eigenvalue weighted by Gasteiger charge is -2.18. The van der Waals surface area contributed by atoms with Crippen molar-refractivity contribution in [1.29, 1.82) is 0 Å². The molecule has 0 saturated heterocycles. The van der Waals surface area contributed by atoms with Crippen LogP contribution in [0.5, 0.6) is 5.75 Å². The molecule has 4 rings (SSSR count).